The van der Waals surface area contributed by atoms with Gasteiger partial charge in [0.15, 0.2) is 0 Å². The average Bonchev–Trinajstić information content (AvgIpc) is 2.80. The summed E-state index contributed by atoms with van der Waals surface area (Å²) in [6, 6.07) is 0.609. The third-order valence-electron chi connectivity index (χ3n) is 3.46. The Morgan fingerprint density at radius 2 is 2.12 bits per heavy atom. The third kappa shape index (κ3) is 5.84. The van der Waals surface area contributed by atoms with E-state index >= 15 is 0 Å². The zero-order valence-corrected chi connectivity index (χ0v) is 11.9. The quantitative estimate of drug-likeness (QED) is 0.706. The molecule has 4 nitrogen and oxygen atoms in total. The molecule has 5 heteroatoms. The highest BCUT2D eigenvalue weighted by atomic mass is 32.2. The molecule has 1 unspecified atom stereocenters. The normalized spacial score (nSPS) is 21.2. The molecule has 1 rings (SSSR count). The number of likely N-dealkylation sites (N-methyl/N-ethyl adjacent to an activating group) is 1. The second-order valence-corrected chi connectivity index (χ2v) is 7.25. The minimum absolute atomic E-state index is 0.267. The monoisotopic (exact) mass is 262 g/mol. The summed E-state index contributed by atoms with van der Waals surface area (Å²) in [5.74, 6) is 0.599. The number of rotatable bonds is 8. The van der Waals surface area contributed by atoms with Crippen molar-refractivity contribution in [3.8, 4) is 0 Å². The average molecular weight is 262 g/mol. The molecule has 0 aliphatic carbocycles. The summed E-state index contributed by atoms with van der Waals surface area (Å²) >= 11 is 0. The summed E-state index contributed by atoms with van der Waals surface area (Å²) in [5, 5.41) is 3.48. The molecule has 0 aromatic carbocycles. The van der Waals surface area contributed by atoms with Crippen LogP contribution in [0.25, 0.3) is 0 Å². The summed E-state index contributed by atoms with van der Waals surface area (Å²) in [5.41, 5.74) is 0. The molecule has 1 heterocycles. The van der Waals surface area contributed by atoms with Gasteiger partial charge in [0.25, 0.3) is 0 Å². The fourth-order valence-corrected chi connectivity index (χ4v) is 3.11. The first-order valence-electron chi connectivity index (χ1n) is 6.73. The van der Waals surface area contributed by atoms with E-state index in [2.05, 4.69) is 17.1 Å². The van der Waals surface area contributed by atoms with Crippen LogP contribution in [-0.2, 0) is 9.84 Å². The molecule has 0 bridgehead atoms. The van der Waals surface area contributed by atoms with Gasteiger partial charge in [0.2, 0.25) is 0 Å². The first-order valence-corrected chi connectivity index (χ1v) is 8.55. The van der Waals surface area contributed by atoms with Gasteiger partial charge in [0.05, 0.1) is 5.75 Å². The number of nitrogens with zero attached hydrogens (tertiary/aromatic N) is 1. The van der Waals surface area contributed by atoms with Crippen molar-refractivity contribution in [2.45, 2.75) is 39.2 Å². The smallest absolute Gasteiger partial charge is 0.150 e. The van der Waals surface area contributed by atoms with Crippen LogP contribution in [-0.4, -0.2) is 57.0 Å². The van der Waals surface area contributed by atoms with Crippen molar-refractivity contribution < 1.29 is 8.42 Å². The Morgan fingerprint density at radius 3 is 2.65 bits per heavy atom. The Bertz CT molecular complexity index is 298. The van der Waals surface area contributed by atoms with Crippen molar-refractivity contribution in [3.63, 3.8) is 0 Å². The molecule has 102 valence electrons. The highest BCUT2D eigenvalue weighted by Crippen LogP contribution is 2.07. The maximum Gasteiger partial charge on any atom is 0.150 e. The largest absolute Gasteiger partial charge is 0.313 e. The summed E-state index contributed by atoms with van der Waals surface area (Å²) in [6.45, 7) is 7.95. The predicted molar refractivity (Wildman–Crippen MR) is 72.1 cm³/mol. The number of nitrogens with one attached hydrogen (secondary N) is 1. The van der Waals surface area contributed by atoms with Crippen molar-refractivity contribution in [2.75, 3.05) is 37.7 Å². The van der Waals surface area contributed by atoms with Gasteiger partial charge in [0, 0.05) is 18.3 Å². The summed E-state index contributed by atoms with van der Waals surface area (Å²) in [6.07, 6.45) is 3.28. The van der Waals surface area contributed by atoms with Gasteiger partial charge in [-0.05, 0) is 38.9 Å². The van der Waals surface area contributed by atoms with Crippen LogP contribution in [0.3, 0.4) is 0 Å². The summed E-state index contributed by atoms with van der Waals surface area (Å²) in [4.78, 5) is 2.36. The maximum atomic E-state index is 11.4. The maximum absolute atomic E-state index is 11.4. The molecule has 0 amide bonds. The topological polar surface area (TPSA) is 49.4 Å². The van der Waals surface area contributed by atoms with Crippen LogP contribution in [0.1, 0.15) is 33.1 Å². The lowest BCUT2D eigenvalue weighted by atomic mass is 10.2. The first kappa shape index (κ1) is 14.9. The van der Waals surface area contributed by atoms with Crippen LogP contribution in [0.2, 0.25) is 0 Å². The molecule has 0 radical (unpaired) electrons. The highest BCUT2D eigenvalue weighted by molar-refractivity contribution is 7.91. The van der Waals surface area contributed by atoms with Crippen molar-refractivity contribution in [1.82, 2.24) is 10.2 Å². The molecule has 0 spiro atoms. The Morgan fingerprint density at radius 1 is 1.35 bits per heavy atom. The molecule has 1 saturated heterocycles. The van der Waals surface area contributed by atoms with Crippen LogP contribution in [0.4, 0.5) is 0 Å². The van der Waals surface area contributed by atoms with E-state index in [1.54, 1.807) is 6.92 Å². The molecule has 17 heavy (non-hydrogen) atoms. The molecular formula is C12H26N2O2S. The van der Waals surface area contributed by atoms with Gasteiger partial charge >= 0.3 is 0 Å². The molecule has 1 atom stereocenters. The molecule has 0 saturated carbocycles. The first-order chi connectivity index (χ1) is 8.07. The van der Waals surface area contributed by atoms with Crippen molar-refractivity contribution >= 4 is 9.84 Å². The molecule has 1 aliphatic heterocycles. The molecule has 0 aromatic rings. The Balaban J connectivity index is 2.22. The van der Waals surface area contributed by atoms with E-state index in [1.165, 1.54) is 12.8 Å². The SMILES string of the molecule is CCN(CCCS(=O)(=O)CC)CC1CCCN1. The molecule has 1 fully saturated rings. The van der Waals surface area contributed by atoms with Gasteiger partial charge in [-0.3, -0.25) is 0 Å². The van der Waals surface area contributed by atoms with Crippen LogP contribution in [0, 0.1) is 0 Å². The third-order valence-corrected chi connectivity index (χ3v) is 5.25. The van der Waals surface area contributed by atoms with Crippen LogP contribution >= 0.6 is 0 Å². The van der Waals surface area contributed by atoms with Gasteiger partial charge in [-0.2, -0.15) is 0 Å². The predicted octanol–water partition coefficient (Wildman–Crippen LogP) is 0.885. The van der Waals surface area contributed by atoms with Gasteiger partial charge in [0.1, 0.15) is 9.84 Å². The zero-order valence-electron chi connectivity index (χ0n) is 11.1. The minimum atomic E-state index is -2.79. The van der Waals surface area contributed by atoms with Crippen LogP contribution < -0.4 is 5.32 Å². The summed E-state index contributed by atoms with van der Waals surface area (Å²) in [7, 11) is -2.79. The van der Waals surface area contributed by atoms with Crippen molar-refractivity contribution in [2.24, 2.45) is 0 Å². The second kappa shape index (κ2) is 7.34. The lowest BCUT2D eigenvalue weighted by molar-refractivity contribution is 0.262. The van der Waals surface area contributed by atoms with E-state index in [1.807, 2.05) is 0 Å². The lowest BCUT2D eigenvalue weighted by Crippen LogP contribution is -2.38. The highest BCUT2D eigenvalue weighted by Gasteiger charge is 2.17. The van der Waals surface area contributed by atoms with E-state index in [0.29, 0.717) is 11.8 Å². The molecule has 1 N–H and O–H groups in total. The second-order valence-electron chi connectivity index (χ2n) is 4.78. The Labute approximate surface area is 106 Å². The van der Waals surface area contributed by atoms with Crippen LogP contribution in [0.15, 0.2) is 0 Å². The standard InChI is InChI=1S/C12H26N2O2S/c1-3-14(11-12-7-5-8-13-12)9-6-10-17(15,16)4-2/h12-13H,3-11H2,1-2H3. The van der Waals surface area contributed by atoms with E-state index in [0.717, 1.165) is 32.6 Å². The lowest BCUT2D eigenvalue weighted by Gasteiger charge is -2.24. The zero-order chi connectivity index (χ0) is 12.7. The molecule has 0 aromatic heterocycles. The number of hydrogen-bond acceptors (Lipinski definition) is 4. The van der Waals surface area contributed by atoms with Crippen molar-refractivity contribution in [1.29, 1.82) is 0 Å². The minimum Gasteiger partial charge on any atom is -0.313 e. The number of hydrogen-bond donors (Lipinski definition) is 1. The van der Waals surface area contributed by atoms with Gasteiger partial charge in [-0.1, -0.05) is 13.8 Å². The Hall–Kier alpha value is -0.130. The fraction of sp³-hybridized carbons (Fsp3) is 1.00. The van der Waals surface area contributed by atoms with E-state index < -0.39 is 9.84 Å². The van der Waals surface area contributed by atoms with Gasteiger partial charge in [-0.15, -0.1) is 0 Å². The number of sulfone groups is 1. The van der Waals surface area contributed by atoms with E-state index in [4.69, 9.17) is 0 Å². The molecule has 1 aliphatic rings. The van der Waals surface area contributed by atoms with E-state index in [9.17, 15) is 8.42 Å². The fourth-order valence-electron chi connectivity index (χ4n) is 2.26. The van der Waals surface area contributed by atoms with Gasteiger partial charge < -0.3 is 10.2 Å². The van der Waals surface area contributed by atoms with Crippen LogP contribution in [0.5, 0.6) is 0 Å². The Kier molecular flexibility index (Phi) is 6.44. The van der Waals surface area contributed by atoms with Gasteiger partial charge in [-0.25, -0.2) is 8.42 Å². The molecular weight excluding hydrogens is 236 g/mol. The van der Waals surface area contributed by atoms with Crippen molar-refractivity contribution in [3.05, 3.63) is 0 Å². The van der Waals surface area contributed by atoms with E-state index in [-0.39, 0.29) is 5.75 Å². The summed E-state index contributed by atoms with van der Waals surface area (Å²) < 4.78 is 22.8.